The van der Waals surface area contributed by atoms with Crippen molar-refractivity contribution in [3.05, 3.63) is 94.9 Å². The fourth-order valence-corrected chi connectivity index (χ4v) is 3.21. The molecular weight excluding hydrogens is 394 g/mol. The van der Waals surface area contributed by atoms with Crippen LogP contribution in [0, 0.1) is 0 Å². The molecule has 0 aliphatic heterocycles. The zero-order valence-electron chi connectivity index (χ0n) is 15.9. The molecule has 7 heteroatoms. The SMILES string of the molecule is C=C1CC=c2ccccc2=C1c1cccc2ccccc12.O=S(=O)([O-])[O-].[Na+].[Na+]. The summed E-state index contributed by atoms with van der Waals surface area (Å²) in [6.45, 7) is 4.31. The molecule has 0 aromatic heterocycles. The molecule has 3 aromatic rings. The Morgan fingerprint density at radius 3 is 2.11 bits per heavy atom. The van der Waals surface area contributed by atoms with Crippen LogP contribution >= 0.6 is 0 Å². The first-order valence-electron chi connectivity index (χ1n) is 7.97. The van der Waals surface area contributed by atoms with Crippen LogP contribution in [0.5, 0.6) is 0 Å². The first-order valence-corrected chi connectivity index (χ1v) is 9.30. The molecule has 0 atom stereocenters. The number of fused-ring (bicyclic) bond motifs is 2. The second-order valence-corrected chi connectivity index (χ2v) is 6.73. The fourth-order valence-electron chi connectivity index (χ4n) is 3.21. The summed E-state index contributed by atoms with van der Waals surface area (Å²) in [5.74, 6) is 0. The van der Waals surface area contributed by atoms with E-state index >= 15 is 0 Å². The molecule has 1 aliphatic carbocycles. The largest absolute Gasteiger partial charge is 1.00 e. The van der Waals surface area contributed by atoms with Crippen LogP contribution in [0.2, 0.25) is 0 Å². The van der Waals surface area contributed by atoms with Gasteiger partial charge in [-0.1, -0.05) is 79.4 Å². The molecule has 0 bridgehead atoms. The Balaban J connectivity index is 0.000000504. The second kappa shape index (κ2) is 10.9. The Labute approximate surface area is 208 Å². The topological polar surface area (TPSA) is 80.3 Å². The predicted molar refractivity (Wildman–Crippen MR) is 101 cm³/mol. The third-order valence-corrected chi connectivity index (χ3v) is 4.21. The van der Waals surface area contributed by atoms with Gasteiger partial charge >= 0.3 is 59.1 Å². The Morgan fingerprint density at radius 1 is 0.821 bits per heavy atom. The average Bonchev–Trinajstić information content (AvgIpc) is 2.60. The molecule has 4 nitrogen and oxygen atoms in total. The molecule has 4 rings (SSSR count). The van der Waals surface area contributed by atoms with Crippen LogP contribution in [0.15, 0.2) is 78.9 Å². The van der Waals surface area contributed by atoms with Gasteiger partial charge in [0.1, 0.15) is 0 Å². The number of hydrogen-bond acceptors (Lipinski definition) is 4. The minimum absolute atomic E-state index is 0. The van der Waals surface area contributed by atoms with E-state index in [0.29, 0.717) is 0 Å². The molecule has 132 valence electrons. The quantitative estimate of drug-likeness (QED) is 0.236. The predicted octanol–water partition coefficient (Wildman–Crippen LogP) is -3.55. The molecule has 0 heterocycles. The van der Waals surface area contributed by atoms with E-state index in [2.05, 4.69) is 79.4 Å². The van der Waals surface area contributed by atoms with Gasteiger partial charge in [0.15, 0.2) is 0 Å². The van der Waals surface area contributed by atoms with E-state index in [4.69, 9.17) is 17.5 Å². The van der Waals surface area contributed by atoms with E-state index in [0.717, 1.165) is 6.42 Å². The maximum Gasteiger partial charge on any atom is 1.00 e. The van der Waals surface area contributed by atoms with Gasteiger partial charge in [-0.3, -0.25) is 8.42 Å². The van der Waals surface area contributed by atoms with E-state index < -0.39 is 10.4 Å². The smallest absolute Gasteiger partial charge is 0.759 e. The fraction of sp³-hybridized carbons (Fsp3) is 0.0476. The van der Waals surface area contributed by atoms with Crippen molar-refractivity contribution in [2.45, 2.75) is 6.42 Å². The van der Waals surface area contributed by atoms with Crippen molar-refractivity contribution >= 4 is 32.8 Å². The Bertz CT molecular complexity index is 1210. The zero-order valence-corrected chi connectivity index (χ0v) is 20.7. The molecular formula is C21H16Na2O4S. The number of rotatable bonds is 1. The monoisotopic (exact) mass is 410 g/mol. The van der Waals surface area contributed by atoms with E-state index in [1.54, 1.807) is 0 Å². The zero-order chi connectivity index (χ0) is 18.7. The minimum atomic E-state index is -5.17. The maximum atomic E-state index is 8.52. The van der Waals surface area contributed by atoms with Crippen molar-refractivity contribution in [2.24, 2.45) is 0 Å². The van der Waals surface area contributed by atoms with Gasteiger partial charge in [0, 0.05) is 10.4 Å². The van der Waals surface area contributed by atoms with Gasteiger partial charge in [-0.05, 0) is 44.3 Å². The standard InChI is InChI=1S/C21H16.2Na.H2O4S/c1-15-13-14-17-8-3-5-11-19(17)21(15)20-12-6-9-16-7-2-4-10-18(16)20;;;1-5(2,3)4/h2-12,14H,1,13H2;;;(H2,1,2,3,4)/q;2*+1;/p-2. The molecule has 3 aromatic carbocycles. The van der Waals surface area contributed by atoms with Crippen molar-refractivity contribution in [1.29, 1.82) is 0 Å². The third-order valence-electron chi connectivity index (χ3n) is 4.21. The Morgan fingerprint density at radius 2 is 1.39 bits per heavy atom. The second-order valence-electron chi connectivity index (χ2n) is 5.91. The van der Waals surface area contributed by atoms with Gasteiger partial charge in [-0.2, -0.15) is 0 Å². The first-order chi connectivity index (χ1) is 12.3. The minimum Gasteiger partial charge on any atom is -0.759 e. The van der Waals surface area contributed by atoms with Crippen LogP contribution < -0.4 is 69.6 Å². The van der Waals surface area contributed by atoms with Gasteiger partial charge in [-0.15, -0.1) is 0 Å². The molecule has 0 unspecified atom stereocenters. The maximum absolute atomic E-state index is 8.52. The van der Waals surface area contributed by atoms with E-state index in [-0.39, 0.29) is 59.1 Å². The van der Waals surface area contributed by atoms with Crippen molar-refractivity contribution < 1.29 is 76.6 Å². The van der Waals surface area contributed by atoms with Crippen molar-refractivity contribution in [3.8, 4) is 0 Å². The van der Waals surface area contributed by atoms with Crippen LogP contribution in [0.1, 0.15) is 12.0 Å². The number of hydrogen-bond donors (Lipinski definition) is 0. The van der Waals surface area contributed by atoms with Gasteiger partial charge in [-0.25, -0.2) is 0 Å². The Hall–Kier alpha value is -0.730. The molecule has 0 saturated carbocycles. The van der Waals surface area contributed by atoms with Crippen LogP contribution in [-0.2, 0) is 10.4 Å². The van der Waals surface area contributed by atoms with Gasteiger partial charge < -0.3 is 9.11 Å². The summed E-state index contributed by atoms with van der Waals surface area (Å²) in [5.41, 5.74) is 3.79. The summed E-state index contributed by atoms with van der Waals surface area (Å²) in [7, 11) is -5.17. The summed E-state index contributed by atoms with van der Waals surface area (Å²) < 4.78 is 34.1. The van der Waals surface area contributed by atoms with Crippen molar-refractivity contribution in [3.63, 3.8) is 0 Å². The summed E-state index contributed by atoms with van der Waals surface area (Å²) in [4.78, 5) is 0. The molecule has 0 saturated heterocycles. The van der Waals surface area contributed by atoms with Crippen LogP contribution in [0.3, 0.4) is 0 Å². The molecule has 28 heavy (non-hydrogen) atoms. The molecule has 0 radical (unpaired) electrons. The van der Waals surface area contributed by atoms with Crippen molar-refractivity contribution in [2.75, 3.05) is 0 Å². The summed E-state index contributed by atoms with van der Waals surface area (Å²) >= 11 is 0. The van der Waals surface area contributed by atoms with E-state index in [1.807, 2.05) is 0 Å². The number of benzene rings is 3. The van der Waals surface area contributed by atoms with Crippen LogP contribution in [-0.4, -0.2) is 17.5 Å². The molecule has 0 amide bonds. The first kappa shape index (κ1) is 25.3. The van der Waals surface area contributed by atoms with E-state index in [1.165, 1.54) is 37.9 Å². The molecule has 0 spiro atoms. The normalized spacial score (nSPS) is 12.5. The van der Waals surface area contributed by atoms with Gasteiger partial charge in [0.05, 0.1) is 0 Å². The third kappa shape index (κ3) is 6.39. The van der Waals surface area contributed by atoms with Crippen LogP contribution in [0.4, 0.5) is 0 Å². The summed E-state index contributed by atoms with van der Waals surface area (Å²) in [5, 5.41) is 5.19. The van der Waals surface area contributed by atoms with Crippen molar-refractivity contribution in [1.82, 2.24) is 0 Å². The van der Waals surface area contributed by atoms with E-state index in [9.17, 15) is 0 Å². The molecule has 1 aliphatic rings. The summed E-state index contributed by atoms with van der Waals surface area (Å²) in [6.07, 6.45) is 3.20. The number of allylic oxidation sites excluding steroid dienone is 1. The van der Waals surface area contributed by atoms with Crippen LogP contribution in [0.25, 0.3) is 22.4 Å². The Kier molecular flexibility index (Phi) is 9.83. The van der Waals surface area contributed by atoms with Gasteiger partial charge in [0.25, 0.3) is 0 Å². The molecule has 0 fully saturated rings. The molecule has 0 N–H and O–H groups in total. The van der Waals surface area contributed by atoms with Gasteiger partial charge in [0.2, 0.25) is 0 Å². The summed E-state index contributed by atoms with van der Waals surface area (Å²) in [6, 6.07) is 23.7. The average molecular weight is 410 g/mol.